The lowest BCUT2D eigenvalue weighted by Crippen LogP contribution is -2.27. The second kappa shape index (κ2) is 18.3. The lowest BCUT2D eigenvalue weighted by atomic mass is 10.2. The Balaban J connectivity index is 1.73. The molecule has 8 nitrogen and oxygen atoms in total. The molecule has 0 radical (unpaired) electrons. The molecule has 9 heteroatoms. The predicted octanol–water partition coefficient (Wildman–Crippen LogP) is 2.81. The van der Waals surface area contributed by atoms with E-state index in [-0.39, 0.29) is 0 Å². The predicted molar refractivity (Wildman–Crippen MR) is 121 cm³/mol. The van der Waals surface area contributed by atoms with Crippen molar-refractivity contribution in [1.82, 2.24) is 0 Å². The van der Waals surface area contributed by atoms with Crippen molar-refractivity contribution in [3.05, 3.63) is 29.8 Å². The summed E-state index contributed by atoms with van der Waals surface area (Å²) in [4.78, 5) is 10.6. The molecule has 0 heterocycles. The van der Waals surface area contributed by atoms with Gasteiger partial charge in [0.1, 0.15) is 18.6 Å². The average Bonchev–Trinajstić information content (AvgIpc) is 2.75. The van der Waals surface area contributed by atoms with E-state index in [1.54, 1.807) is 24.3 Å². The summed E-state index contributed by atoms with van der Waals surface area (Å²) in [5, 5.41) is 0. The summed E-state index contributed by atoms with van der Waals surface area (Å²) in [5.41, 5.74) is 0.626. The van der Waals surface area contributed by atoms with Crippen LogP contribution in [0.2, 0.25) is 19.6 Å². The number of carbonyl (C=O) groups excluding carboxylic acids is 1. The van der Waals surface area contributed by atoms with Gasteiger partial charge < -0.3 is 32.8 Å². The number of ether oxygens (including phenoxy) is 6. The zero-order chi connectivity index (χ0) is 22.6. The third-order valence-electron chi connectivity index (χ3n) is 3.76. The second-order valence-corrected chi connectivity index (χ2v) is 12.1. The van der Waals surface area contributed by atoms with E-state index in [1.165, 1.54) is 0 Å². The van der Waals surface area contributed by atoms with Crippen LogP contribution in [-0.2, 0) is 28.1 Å². The van der Waals surface area contributed by atoms with Crippen LogP contribution < -0.4 is 4.74 Å². The second-order valence-electron chi connectivity index (χ2n) is 7.56. The average molecular weight is 459 g/mol. The molecule has 0 saturated heterocycles. The van der Waals surface area contributed by atoms with E-state index in [9.17, 15) is 4.79 Å². The normalized spacial score (nSPS) is 11.6. The first kappa shape index (κ1) is 27.7. The molecule has 1 aromatic rings. The third-order valence-corrected chi connectivity index (χ3v) is 4.83. The maximum absolute atomic E-state index is 10.6. The van der Waals surface area contributed by atoms with E-state index in [0.29, 0.717) is 90.6 Å². The van der Waals surface area contributed by atoms with Crippen LogP contribution in [0.5, 0.6) is 5.75 Å². The highest BCUT2D eigenvalue weighted by atomic mass is 28.4. The monoisotopic (exact) mass is 458 g/mol. The number of hydrogen-bond acceptors (Lipinski definition) is 8. The Kier molecular flexibility index (Phi) is 16.3. The fourth-order valence-electron chi connectivity index (χ4n) is 2.25. The number of carbonyl (C=O) groups is 1. The summed E-state index contributed by atoms with van der Waals surface area (Å²) in [7, 11) is -1.44. The van der Waals surface area contributed by atoms with Crippen molar-refractivity contribution < 1.29 is 37.6 Å². The highest BCUT2D eigenvalue weighted by molar-refractivity contribution is 6.69. The molecule has 178 valence electrons. The Morgan fingerprint density at radius 3 is 1.39 bits per heavy atom. The Labute approximate surface area is 187 Å². The van der Waals surface area contributed by atoms with E-state index < -0.39 is 8.32 Å². The van der Waals surface area contributed by atoms with E-state index >= 15 is 0 Å². The largest absolute Gasteiger partial charge is 0.491 e. The van der Waals surface area contributed by atoms with Gasteiger partial charge in [-0.25, -0.2) is 0 Å². The molecule has 31 heavy (non-hydrogen) atoms. The fraction of sp³-hybridized carbons (Fsp3) is 0.682. The van der Waals surface area contributed by atoms with E-state index in [4.69, 9.17) is 32.8 Å². The Morgan fingerprint density at radius 1 is 0.613 bits per heavy atom. The molecule has 1 aromatic carbocycles. The van der Waals surface area contributed by atoms with Gasteiger partial charge in [-0.2, -0.15) is 0 Å². The summed E-state index contributed by atoms with van der Waals surface area (Å²) in [6.07, 6.45) is 0.802. The summed E-state index contributed by atoms with van der Waals surface area (Å²) >= 11 is 0. The molecule has 0 aromatic heterocycles. The minimum absolute atomic E-state index is 0.445. The summed E-state index contributed by atoms with van der Waals surface area (Å²) in [6, 6.07) is 6.95. The quantitative estimate of drug-likeness (QED) is 0.158. The van der Waals surface area contributed by atoms with Crippen LogP contribution in [0.1, 0.15) is 10.4 Å². The van der Waals surface area contributed by atoms with Gasteiger partial charge >= 0.3 is 0 Å². The smallest absolute Gasteiger partial charge is 0.183 e. The van der Waals surface area contributed by atoms with Crippen LogP contribution in [0.25, 0.3) is 0 Å². The van der Waals surface area contributed by atoms with E-state index in [0.717, 1.165) is 6.29 Å². The minimum Gasteiger partial charge on any atom is -0.491 e. The topological polar surface area (TPSA) is 81.7 Å². The molecule has 0 spiro atoms. The summed E-state index contributed by atoms with van der Waals surface area (Å²) < 4.78 is 38.4. The Hall–Kier alpha value is -1.33. The van der Waals surface area contributed by atoms with E-state index in [1.807, 2.05) is 0 Å². The van der Waals surface area contributed by atoms with Gasteiger partial charge in [-0.1, -0.05) is 0 Å². The van der Waals surface area contributed by atoms with Crippen LogP contribution >= 0.6 is 0 Å². The molecular formula is C22H38O8Si. The SMILES string of the molecule is C[Si](C)(C)OCCOCCOCCOCCOCCOCCOc1ccc(C=O)cc1. The molecule has 0 aliphatic rings. The van der Waals surface area contributed by atoms with Gasteiger partial charge in [-0.15, -0.1) is 0 Å². The maximum atomic E-state index is 10.6. The Morgan fingerprint density at radius 2 is 1.00 bits per heavy atom. The molecule has 0 aliphatic carbocycles. The molecule has 0 saturated carbocycles. The molecule has 0 atom stereocenters. The Bertz CT molecular complexity index is 547. The summed E-state index contributed by atoms with van der Waals surface area (Å²) in [5.74, 6) is 0.714. The lowest BCUT2D eigenvalue weighted by molar-refractivity contribution is -0.0143. The molecule has 0 bridgehead atoms. The zero-order valence-corrected chi connectivity index (χ0v) is 20.1. The first-order chi connectivity index (χ1) is 15.0. The van der Waals surface area contributed by atoms with Crippen LogP contribution in [0.3, 0.4) is 0 Å². The van der Waals surface area contributed by atoms with Gasteiger partial charge in [0.15, 0.2) is 8.32 Å². The summed E-state index contributed by atoms with van der Waals surface area (Å²) in [6.45, 7) is 12.9. The lowest BCUT2D eigenvalue weighted by Gasteiger charge is -2.16. The molecule has 0 amide bonds. The molecule has 0 fully saturated rings. The molecule has 1 rings (SSSR count). The maximum Gasteiger partial charge on any atom is 0.183 e. The zero-order valence-electron chi connectivity index (χ0n) is 19.1. The van der Waals surface area contributed by atoms with Gasteiger partial charge in [-0.3, -0.25) is 4.79 Å². The van der Waals surface area contributed by atoms with Crippen LogP contribution in [-0.4, -0.2) is 93.9 Å². The number of aldehydes is 1. The number of benzene rings is 1. The molecule has 0 N–H and O–H groups in total. The van der Waals surface area contributed by atoms with Crippen molar-refractivity contribution in [3.8, 4) is 5.75 Å². The first-order valence-corrected chi connectivity index (χ1v) is 14.1. The van der Waals surface area contributed by atoms with Crippen molar-refractivity contribution in [2.24, 2.45) is 0 Å². The van der Waals surface area contributed by atoms with Crippen LogP contribution in [0.15, 0.2) is 24.3 Å². The molecule has 0 aliphatic heterocycles. The third kappa shape index (κ3) is 18.0. The van der Waals surface area contributed by atoms with Gasteiger partial charge in [0, 0.05) is 5.56 Å². The highest BCUT2D eigenvalue weighted by Crippen LogP contribution is 2.10. The standard InChI is InChI=1S/C22H38O8Si/c1-31(2,3)30-19-17-28-15-13-26-11-9-24-8-10-25-12-14-27-16-18-29-22-6-4-21(20-23)5-7-22/h4-7,20H,8-19H2,1-3H3. The number of hydrogen-bond donors (Lipinski definition) is 0. The van der Waals surface area contributed by atoms with Crippen molar-refractivity contribution >= 4 is 14.6 Å². The van der Waals surface area contributed by atoms with Crippen LogP contribution in [0.4, 0.5) is 0 Å². The fourth-order valence-corrected chi connectivity index (χ4v) is 2.95. The molecular weight excluding hydrogens is 420 g/mol. The van der Waals surface area contributed by atoms with Gasteiger partial charge in [0.2, 0.25) is 0 Å². The van der Waals surface area contributed by atoms with Gasteiger partial charge in [-0.05, 0) is 43.9 Å². The molecule has 0 unspecified atom stereocenters. The van der Waals surface area contributed by atoms with Crippen LogP contribution in [0, 0.1) is 0 Å². The van der Waals surface area contributed by atoms with Crippen molar-refractivity contribution in [3.63, 3.8) is 0 Å². The number of rotatable bonds is 21. The van der Waals surface area contributed by atoms with Gasteiger partial charge in [0.25, 0.3) is 0 Å². The van der Waals surface area contributed by atoms with Crippen molar-refractivity contribution in [2.45, 2.75) is 19.6 Å². The van der Waals surface area contributed by atoms with Gasteiger partial charge in [0.05, 0.1) is 72.7 Å². The van der Waals surface area contributed by atoms with E-state index in [2.05, 4.69) is 19.6 Å². The van der Waals surface area contributed by atoms with Crippen molar-refractivity contribution in [2.75, 3.05) is 79.3 Å². The minimum atomic E-state index is -1.44. The van der Waals surface area contributed by atoms with Crippen molar-refractivity contribution in [1.29, 1.82) is 0 Å². The highest BCUT2D eigenvalue weighted by Gasteiger charge is 2.12. The first-order valence-electron chi connectivity index (χ1n) is 10.7.